The van der Waals surface area contributed by atoms with Crippen molar-refractivity contribution in [3.8, 4) is 17.8 Å². The summed E-state index contributed by atoms with van der Waals surface area (Å²) >= 11 is 1.11. The molecule has 2 aromatic rings. The predicted octanol–water partition coefficient (Wildman–Crippen LogP) is 0.612. The number of nitriles is 2. The van der Waals surface area contributed by atoms with Crippen LogP contribution in [0.2, 0.25) is 0 Å². The maximum Gasteiger partial charge on any atom is 0.214 e. The van der Waals surface area contributed by atoms with Gasteiger partial charge in [0.15, 0.2) is 5.57 Å². The number of hydrogen-bond acceptors (Lipinski definition) is 7. The third-order valence-corrected chi connectivity index (χ3v) is 3.82. The van der Waals surface area contributed by atoms with Crippen molar-refractivity contribution in [2.24, 2.45) is 16.7 Å². The summed E-state index contributed by atoms with van der Waals surface area (Å²) in [6, 6.07) is 12.7. The van der Waals surface area contributed by atoms with Crippen LogP contribution in [0.25, 0.3) is 11.4 Å². The van der Waals surface area contributed by atoms with Crippen LogP contribution in [0.1, 0.15) is 4.88 Å². The Morgan fingerprint density at radius 3 is 2.33 bits per heavy atom. The number of allylic oxidation sites excluding steroid dienone is 1. The molecule has 0 aliphatic carbocycles. The molecule has 0 aliphatic rings. The molecule has 1 aromatic carbocycles. The summed E-state index contributed by atoms with van der Waals surface area (Å²) in [5, 5.41) is 21.5. The van der Waals surface area contributed by atoms with Crippen LogP contribution in [-0.2, 0) is 0 Å². The van der Waals surface area contributed by atoms with Gasteiger partial charge in [0.25, 0.3) is 0 Å². The molecule has 0 aliphatic heterocycles. The zero-order valence-corrected chi connectivity index (χ0v) is 11.6. The Balaban J connectivity index is 2.77. The summed E-state index contributed by atoms with van der Waals surface area (Å²) in [5.74, 6) is 5.66. The molecule has 0 bridgehead atoms. The van der Waals surface area contributed by atoms with Crippen molar-refractivity contribution < 1.29 is 0 Å². The summed E-state index contributed by atoms with van der Waals surface area (Å²) in [5.41, 5.74) is 12.5. The van der Waals surface area contributed by atoms with Crippen LogP contribution in [0.3, 0.4) is 0 Å². The van der Waals surface area contributed by atoms with E-state index in [1.807, 2.05) is 30.3 Å². The number of nitrogens with two attached hydrogens (primary N) is 3. The Kier molecular flexibility index (Phi) is 3.93. The zero-order valence-electron chi connectivity index (χ0n) is 10.8. The number of nitrogens with zero attached hydrogens (tertiary/aromatic N) is 4. The van der Waals surface area contributed by atoms with E-state index in [0.29, 0.717) is 9.68 Å². The lowest BCUT2D eigenvalue weighted by molar-refractivity contribution is 0.973. The van der Waals surface area contributed by atoms with E-state index in [-0.39, 0.29) is 17.1 Å². The van der Waals surface area contributed by atoms with Gasteiger partial charge in [-0.3, -0.25) is 4.57 Å². The molecule has 1 aromatic heterocycles. The summed E-state index contributed by atoms with van der Waals surface area (Å²) in [6.45, 7) is 0. The largest absolute Gasteiger partial charge is 0.396 e. The number of thiazole rings is 1. The maximum atomic E-state index is 8.90. The van der Waals surface area contributed by atoms with Gasteiger partial charge in [-0.25, -0.2) is 0 Å². The monoisotopic (exact) mass is 297 g/mol. The summed E-state index contributed by atoms with van der Waals surface area (Å²) in [7, 11) is 0. The second-order valence-corrected chi connectivity index (χ2v) is 4.89. The van der Waals surface area contributed by atoms with Gasteiger partial charge < -0.3 is 17.3 Å². The quantitative estimate of drug-likeness (QED) is 0.423. The second kappa shape index (κ2) is 5.82. The van der Waals surface area contributed by atoms with Crippen LogP contribution in [0.5, 0.6) is 0 Å². The minimum Gasteiger partial charge on any atom is -0.396 e. The fourth-order valence-corrected chi connectivity index (χ4v) is 2.69. The van der Waals surface area contributed by atoms with Gasteiger partial charge in [0.2, 0.25) is 4.80 Å². The molecule has 0 spiro atoms. The fraction of sp³-hybridized carbons (Fsp3) is 0. The number of hydrogen-bond donors (Lipinski definition) is 3. The molecule has 8 heteroatoms. The average Bonchev–Trinajstić information content (AvgIpc) is 2.86. The molecule has 0 saturated heterocycles. The molecule has 0 atom stereocenters. The Morgan fingerprint density at radius 1 is 1.19 bits per heavy atom. The average molecular weight is 297 g/mol. The lowest BCUT2D eigenvalue weighted by Gasteiger charge is -2.06. The van der Waals surface area contributed by atoms with E-state index in [2.05, 4.69) is 5.10 Å². The van der Waals surface area contributed by atoms with E-state index in [1.54, 1.807) is 16.7 Å². The fourth-order valence-electron chi connectivity index (χ4n) is 1.76. The third kappa shape index (κ3) is 2.43. The van der Waals surface area contributed by atoms with E-state index >= 15 is 0 Å². The highest BCUT2D eigenvalue weighted by atomic mass is 32.1. The summed E-state index contributed by atoms with van der Waals surface area (Å²) in [4.78, 5) is 0.799. The first kappa shape index (κ1) is 14.2. The van der Waals surface area contributed by atoms with E-state index in [1.165, 1.54) is 0 Å². The second-order valence-electron chi connectivity index (χ2n) is 3.91. The van der Waals surface area contributed by atoms with Crippen molar-refractivity contribution in [1.29, 1.82) is 10.5 Å². The highest BCUT2D eigenvalue weighted by Crippen LogP contribution is 2.25. The van der Waals surface area contributed by atoms with Gasteiger partial charge in [-0.15, -0.1) is 0 Å². The lowest BCUT2D eigenvalue weighted by Crippen LogP contribution is -2.16. The van der Waals surface area contributed by atoms with E-state index in [0.717, 1.165) is 17.0 Å². The van der Waals surface area contributed by atoms with Crippen molar-refractivity contribution in [2.45, 2.75) is 0 Å². The van der Waals surface area contributed by atoms with Gasteiger partial charge in [-0.2, -0.15) is 15.6 Å². The van der Waals surface area contributed by atoms with Crippen LogP contribution in [0.4, 0.5) is 5.82 Å². The SMILES string of the molecule is N#CC(C#N)=C(N)c1s/c(=N\N)n(-c2ccccc2)c1N. The van der Waals surface area contributed by atoms with Gasteiger partial charge in [0.05, 0.1) is 10.6 Å². The maximum absolute atomic E-state index is 8.90. The normalized spacial score (nSPS) is 10.7. The number of rotatable bonds is 2. The molecule has 2 rings (SSSR count). The molecule has 7 nitrogen and oxygen atoms in total. The minimum atomic E-state index is -0.202. The number of para-hydroxylation sites is 1. The number of aromatic nitrogens is 1. The number of anilines is 1. The van der Waals surface area contributed by atoms with Crippen LogP contribution >= 0.6 is 11.3 Å². The van der Waals surface area contributed by atoms with E-state index in [4.69, 9.17) is 27.8 Å². The molecule has 0 radical (unpaired) electrons. The topological polar surface area (TPSA) is 143 Å². The molecule has 0 fully saturated rings. The Hall–Kier alpha value is -3.23. The molecule has 0 unspecified atom stereocenters. The number of benzene rings is 1. The lowest BCUT2D eigenvalue weighted by atomic mass is 10.2. The summed E-state index contributed by atoms with van der Waals surface area (Å²) < 4.78 is 1.61. The first-order chi connectivity index (χ1) is 10.1. The third-order valence-electron chi connectivity index (χ3n) is 2.72. The van der Waals surface area contributed by atoms with E-state index < -0.39 is 0 Å². The Bertz CT molecular complexity index is 827. The van der Waals surface area contributed by atoms with Gasteiger partial charge in [-0.05, 0) is 12.1 Å². The smallest absolute Gasteiger partial charge is 0.214 e. The van der Waals surface area contributed by atoms with Crippen molar-refractivity contribution in [2.75, 3.05) is 5.73 Å². The Morgan fingerprint density at radius 2 is 1.81 bits per heavy atom. The van der Waals surface area contributed by atoms with Crippen LogP contribution in [-0.4, -0.2) is 4.57 Å². The zero-order chi connectivity index (χ0) is 15.4. The molecule has 21 heavy (non-hydrogen) atoms. The summed E-state index contributed by atoms with van der Waals surface area (Å²) in [6.07, 6.45) is 0. The number of nitrogen functional groups attached to an aromatic ring is 1. The molecule has 1 heterocycles. The van der Waals surface area contributed by atoms with Crippen molar-refractivity contribution in [3.05, 3.63) is 45.6 Å². The van der Waals surface area contributed by atoms with Crippen molar-refractivity contribution in [3.63, 3.8) is 0 Å². The molecular weight excluding hydrogens is 286 g/mol. The van der Waals surface area contributed by atoms with Gasteiger partial charge in [-0.1, -0.05) is 29.5 Å². The van der Waals surface area contributed by atoms with Crippen LogP contribution in [0, 0.1) is 22.7 Å². The predicted molar refractivity (Wildman–Crippen MR) is 80.1 cm³/mol. The highest BCUT2D eigenvalue weighted by Gasteiger charge is 2.17. The molecule has 104 valence electrons. The van der Waals surface area contributed by atoms with Crippen molar-refractivity contribution >= 4 is 22.9 Å². The van der Waals surface area contributed by atoms with Crippen LogP contribution < -0.4 is 22.1 Å². The molecule has 6 N–H and O–H groups in total. The molecule has 0 amide bonds. The highest BCUT2D eigenvalue weighted by molar-refractivity contribution is 7.11. The minimum absolute atomic E-state index is 0.0158. The van der Waals surface area contributed by atoms with Gasteiger partial charge in [0.1, 0.15) is 18.0 Å². The van der Waals surface area contributed by atoms with E-state index in [9.17, 15) is 0 Å². The van der Waals surface area contributed by atoms with Gasteiger partial charge >= 0.3 is 0 Å². The molecule has 0 saturated carbocycles. The first-order valence-corrected chi connectivity index (χ1v) is 6.56. The van der Waals surface area contributed by atoms with Crippen LogP contribution in [0.15, 0.2) is 41.0 Å². The standard InChI is InChI=1S/C13H11N7S/c14-6-8(7-15)10(16)11-12(17)20(13(19-18)21-11)9-4-2-1-3-5-9/h1-5H,16-18H2/b19-13-. The first-order valence-electron chi connectivity index (χ1n) is 5.75. The molecular formula is C13H11N7S. The van der Waals surface area contributed by atoms with Crippen molar-refractivity contribution in [1.82, 2.24) is 4.57 Å². The Labute approximate surface area is 124 Å². The van der Waals surface area contributed by atoms with Gasteiger partial charge in [0, 0.05) is 5.69 Å².